The molecule has 0 aliphatic carbocycles. The Balaban J connectivity index is 3.40. The van der Waals surface area contributed by atoms with E-state index in [1.807, 2.05) is 6.92 Å². The molecule has 78 valence electrons. The molecule has 0 bridgehead atoms. The molecule has 0 fully saturated rings. The van der Waals surface area contributed by atoms with Crippen LogP contribution >= 0.6 is 0 Å². The number of hydrogen-bond donors (Lipinski definition) is 3. The van der Waals surface area contributed by atoms with Gasteiger partial charge in [0, 0.05) is 13.0 Å². The Labute approximate surface area is 79.5 Å². The van der Waals surface area contributed by atoms with Crippen LogP contribution in [0.2, 0.25) is 0 Å². The van der Waals surface area contributed by atoms with Crippen molar-refractivity contribution in [3.8, 4) is 0 Å². The minimum Gasteiger partial charge on any atom is -0.392 e. The summed E-state index contributed by atoms with van der Waals surface area (Å²) in [7, 11) is 0. The second-order valence-corrected chi connectivity index (χ2v) is 3.53. The lowest BCUT2D eigenvalue weighted by Gasteiger charge is -2.09. The largest absolute Gasteiger partial charge is 0.392 e. The Morgan fingerprint density at radius 1 is 1.54 bits per heavy atom. The van der Waals surface area contributed by atoms with Crippen LogP contribution in [-0.4, -0.2) is 30.2 Å². The lowest BCUT2D eigenvalue weighted by Crippen LogP contribution is -2.30. The molecule has 0 heterocycles. The highest BCUT2D eigenvalue weighted by molar-refractivity contribution is 5.75. The maximum atomic E-state index is 11.1. The predicted molar refractivity (Wildman–Crippen MR) is 52.1 cm³/mol. The summed E-state index contributed by atoms with van der Waals surface area (Å²) in [6.45, 7) is 4.60. The summed E-state index contributed by atoms with van der Waals surface area (Å²) >= 11 is 0. The van der Waals surface area contributed by atoms with E-state index in [1.54, 1.807) is 6.92 Å². The third kappa shape index (κ3) is 7.74. The van der Waals surface area contributed by atoms with E-state index in [1.165, 1.54) is 0 Å². The Morgan fingerprint density at radius 2 is 2.15 bits per heavy atom. The molecule has 1 amide bonds. The predicted octanol–water partition coefficient (Wildman–Crippen LogP) is -0.142. The fraction of sp³-hybridized carbons (Fsp3) is 0.889. The summed E-state index contributed by atoms with van der Waals surface area (Å²) in [6, 6.07) is 0. The minimum absolute atomic E-state index is 0.0128. The number of hydrogen-bond acceptors (Lipinski definition) is 3. The number of nitrogens with one attached hydrogen (secondary N) is 1. The maximum absolute atomic E-state index is 11.1. The van der Waals surface area contributed by atoms with Gasteiger partial charge in [-0.05, 0) is 25.8 Å². The first-order valence-corrected chi connectivity index (χ1v) is 4.71. The highest BCUT2D eigenvalue weighted by Crippen LogP contribution is 2.02. The van der Waals surface area contributed by atoms with Crippen molar-refractivity contribution in [2.75, 3.05) is 13.1 Å². The van der Waals surface area contributed by atoms with Gasteiger partial charge in [-0.15, -0.1) is 0 Å². The first-order chi connectivity index (χ1) is 6.06. The summed E-state index contributed by atoms with van der Waals surface area (Å²) in [5.41, 5.74) is 5.41. The Morgan fingerprint density at radius 3 is 2.62 bits per heavy atom. The average Bonchev–Trinajstić information content (AvgIpc) is 2.10. The molecule has 1 unspecified atom stereocenters. The average molecular weight is 188 g/mol. The molecular formula is C9H20N2O2. The molecule has 4 N–H and O–H groups in total. The van der Waals surface area contributed by atoms with Crippen molar-refractivity contribution in [3.63, 3.8) is 0 Å². The van der Waals surface area contributed by atoms with Crippen LogP contribution in [0.4, 0.5) is 0 Å². The van der Waals surface area contributed by atoms with Gasteiger partial charge < -0.3 is 16.2 Å². The molecule has 0 radical (unpaired) electrons. The van der Waals surface area contributed by atoms with E-state index in [9.17, 15) is 4.79 Å². The fourth-order valence-electron chi connectivity index (χ4n) is 0.845. The van der Waals surface area contributed by atoms with E-state index >= 15 is 0 Å². The lowest BCUT2D eigenvalue weighted by molar-refractivity contribution is -0.121. The van der Waals surface area contributed by atoms with Crippen molar-refractivity contribution < 1.29 is 9.90 Å². The van der Waals surface area contributed by atoms with Crippen LogP contribution in [0, 0.1) is 5.92 Å². The monoisotopic (exact) mass is 188 g/mol. The van der Waals surface area contributed by atoms with Crippen LogP contribution < -0.4 is 11.1 Å². The number of carbonyl (C=O) groups excluding carboxylic acids is 1. The first-order valence-electron chi connectivity index (χ1n) is 4.71. The van der Waals surface area contributed by atoms with E-state index in [4.69, 9.17) is 10.8 Å². The van der Waals surface area contributed by atoms with Gasteiger partial charge in [-0.3, -0.25) is 4.79 Å². The molecule has 0 aliphatic rings. The van der Waals surface area contributed by atoms with Gasteiger partial charge in [-0.2, -0.15) is 0 Å². The van der Waals surface area contributed by atoms with Crippen LogP contribution in [0.15, 0.2) is 0 Å². The molecule has 2 atom stereocenters. The van der Waals surface area contributed by atoms with Crippen LogP contribution in [0.25, 0.3) is 0 Å². The van der Waals surface area contributed by atoms with E-state index in [0.29, 0.717) is 25.4 Å². The van der Waals surface area contributed by atoms with Gasteiger partial charge in [-0.1, -0.05) is 6.92 Å². The molecule has 0 saturated heterocycles. The van der Waals surface area contributed by atoms with Crippen molar-refractivity contribution >= 4 is 5.91 Å². The normalized spacial score (nSPS) is 15.1. The second-order valence-electron chi connectivity index (χ2n) is 3.53. The van der Waals surface area contributed by atoms with Gasteiger partial charge in [0.1, 0.15) is 0 Å². The summed E-state index contributed by atoms with van der Waals surface area (Å²) in [6.07, 6.45) is 0.823. The fourth-order valence-corrected chi connectivity index (χ4v) is 0.845. The van der Waals surface area contributed by atoms with Crippen LogP contribution in [0.3, 0.4) is 0 Å². The smallest absolute Gasteiger partial charge is 0.220 e. The zero-order valence-corrected chi connectivity index (χ0v) is 8.42. The van der Waals surface area contributed by atoms with Crippen LogP contribution in [0.1, 0.15) is 26.7 Å². The zero-order chi connectivity index (χ0) is 10.3. The molecule has 0 rings (SSSR count). The number of carbonyl (C=O) groups is 1. The van der Waals surface area contributed by atoms with E-state index in [-0.39, 0.29) is 5.91 Å². The number of amides is 1. The molecule has 4 heteroatoms. The van der Waals surface area contributed by atoms with E-state index in [2.05, 4.69) is 5.32 Å². The van der Waals surface area contributed by atoms with Crippen molar-refractivity contribution in [1.82, 2.24) is 5.32 Å². The number of aliphatic hydroxyl groups is 1. The van der Waals surface area contributed by atoms with Gasteiger partial charge in [-0.25, -0.2) is 0 Å². The van der Waals surface area contributed by atoms with Gasteiger partial charge in [0.05, 0.1) is 6.10 Å². The van der Waals surface area contributed by atoms with Gasteiger partial charge >= 0.3 is 0 Å². The van der Waals surface area contributed by atoms with Gasteiger partial charge in [0.25, 0.3) is 0 Å². The van der Waals surface area contributed by atoms with Crippen molar-refractivity contribution in [1.29, 1.82) is 0 Å². The quantitative estimate of drug-likeness (QED) is 0.543. The molecular weight excluding hydrogens is 168 g/mol. The topological polar surface area (TPSA) is 75.4 Å². The summed E-state index contributed by atoms with van der Waals surface area (Å²) < 4.78 is 0. The SMILES string of the molecule is CC(CN)CCC(=O)NC[C@@H](C)O. The van der Waals surface area contributed by atoms with Gasteiger partial charge in [0.15, 0.2) is 0 Å². The van der Waals surface area contributed by atoms with Crippen molar-refractivity contribution in [3.05, 3.63) is 0 Å². The molecule has 0 spiro atoms. The van der Waals surface area contributed by atoms with Crippen LogP contribution in [0.5, 0.6) is 0 Å². The number of rotatable bonds is 6. The van der Waals surface area contributed by atoms with Gasteiger partial charge in [0.2, 0.25) is 5.91 Å². The third-order valence-electron chi connectivity index (χ3n) is 1.86. The van der Waals surface area contributed by atoms with Crippen LogP contribution in [-0.2, 0) is 4.79 Å². The molecule has 0 aromatic rings. The zero-order valence-electron chi connectivity index (χ0n) is 8.42. The molecule has 0 aromatic carbocycles. The highest BCUT2D eigenvalue weighted by Gasteiger charge is 2.05. The summed E-state index contributed by atoms with van der Waals surface area (Å²) in [4.78, 5) is 11.1. The summed E-state index contributed by atoms with van der Waals surface area (Å²) in [5.74, 6) is 0.374. The Hall–Kier alpha value is -0.610. The van der Waals surface area contributed by atoms with Crippen molar-refractivity contribution in [2.24, 2.45) is 11.7 Å². The molecule has 0 aromatic heterocycles. The summed E-state index contributed by atoms with van der Waals surface area (Å²) in [5, 5.41) is 11.5. The Bertz CT molecular complexity index is 149. The molecule has 13 heavy (non-hydrogen) atoms. The molecule has 4 nitrogen and oxygen atoms in total. The van der Waals surface area contributed by atoms with E-state index < -0.39 is 6.10 Å². The van der Waals surface area contributed by atoms with E-state index in [0.717, 1.165) is 6.42 Å². The highest BCUT2D eigenvalue weighted by atomic mass is 16.3. The molecule has 0 aliphatic heterocycles. The lowest BCUT2D eigenvalue weighted by atomic mass is 10.1. The first kappa shape index (κ1) is 12.4. The number of nitrogens with two attached hydrogens (primary N) is 1. The third-order valence-corrected chi connectivity index (χ3v) is 1.86. The molecule has 0 saturated carbocycles. The van der Waals surface area contributed by atoms with Crippen molar-refractivity contribution in [2.45, 2.75) is 32.8 Å². The standard InChI is InChI=1S/C9H20N2O2/c1-7(5-10)3-4-9(13)11-6-8(2)12/h7-8,12H,3-6,10H2,1-2H3,(H,11,13)/t7?,8-/m1/s1. The minimum atomic E-state index is -0.476. The maximum Gasteiger partial charge on any atom is 0.220 e. The Kier molecular flexibility index (Phi) is 6.54. The second kappa shape index (κ2) is 6.86. The number of aliphatic hydroxyl groups excluding tert-OH is 1.